The van der Waals surface area contributed by atoms with Crippen molar-refractivity contribution in [2.24, 2.45) is 5.92 Å². The summed E-state index contributed by atoms with van der Waals surface area (Å²) in [5.74, 6) is -0.885. The van der Waals surface area contributed by atoms with Gasteiger partial charge in [-0.25, -0.2) is 8.42 Å². The van der Waals surface area contributed by atoms with Crippen LogP contribution >= 0.6 is 0 Å². The van der Waals surface area contributed by atoms with Crippen LogP contribution in [-0.4, -0.2) is 49.9 Å². The minimum Gasteiger partial charge on any atom is -0.497 e. The maximum absolute atomic E-state index is 13.5. The summed E-state index contributed by atoms with van der Waals surface area (Å²) in [7, 11) is -2.58. The number of nitro groups is 1. The number of esters is 1. The van der Waals surface area contributed by atoms with Gasteiger partial charge < -0.3 is 9.47 Å². The Bertz CT molecular complexity index is 1070. The SMILES string of the molecule is CCOC(=O)C[C@H]1CN(S(=O)(=O)c2ccc(C)cc2)[C@@H](c2ccc(OC)cc2)[C@@H]1[N+](=O)[O-]. The van der Waals surface area contributed by atoms with Crippen molar-refractivity contribution in [2.45, 2.75) is 37.2 Å². The molecule has 0 saturated carbocycles. The zero-order valence-electron chi connectivity index (χ0n) is 18.1. The molecule has 0 spiro atoms. The van der Waals surface area contributed by atoms with E-state index in [1.165, 1.54) is 19.2 Å². The molecule has 1 saturated heterocycles. The molecule has 1 fully saturated rings. The molecule has 0 amide bonds. The van der Waals surface area contributed by atoms with E-state index in [9.17, 15) is 23.3 Å². The first-order valence-electron chi connectivity index (χ1n) is 10.2. The van der Waals surface area contributed by atoms with Crippen molar-refractivity contribution in [1.29, 1.82) is 0 Å². The Morgan fingerprint density at radius 1 is 1.16 bits per heavy atom. The molecule has 32 heavy (non-hydrogen) atoms. The molecular weight excluding hydrogens is 436 g/mol. The Balaban J connectivity index is 2.09. The lowest BCUT2D eigenvalue weighted by molar-refractivity contribution is -0.532. The summed E-state index contributed by atoms with van der Waals surface area (Å²) in [4.78, 5) is 23.8. The maximum Gasteiger partial charge on any atom is 0.306 e. The van der Waals surface area contributed by atoms with E-state index in [1.807, 2.05) is 6.92 Å². The standard InChI is InChI=1S/C22H26N2O7S/c1-4-31-20(25)13-17-14-23(32(28,29)19-11-5-15(2)6-12-19)21(22(17)24(26)27)16-7-9-18(30-3)10-8-16/h5-12,17,21-22H,4,13-14H2,1-3H3/t17-,21-,22+/m0/s1. The molecule has 0 unspecified atom stereocenters. The summed E-state index contributed by atoms with van der Waals surface area (Å²) in [5.41, 5.74) is 1.34. The first-order valence-corrected chi connectivity index (χ1v) is 11.6. The molecule has 2 aromatic rings. The van der Waals surface area contributed by atoms with Gasteiger partial charge in [-0.1, -0.05) is 29.8 Å². The van der Waals surface area contributed by atoms with Gasteiger partial charge in [-0.15, -0.1) is 0 Å². The third kappa shape index (κ3) is 4.76. The second-order valence-electron chi connectivity index (χ2n) is 7.65. The second-order valence-corrected chi connectivity index (χ2v) is 9.54. The van der Waals surface area contributed by atoms with Gasteiger partial charge >= 0.3 is 5.97 Å². The molecule has 0 N–H and O–H groups in total. The molecule has 3 atom stereocenters. The summed E-state index contributed by atoms with van der Waals surface area (Å²) in [6.45, 7) is 3.45. The van der Waals surface area contributed by atoms with Crippen molar-refractivity contribution in [3.8, 4) is 5.75 Å². The number of methoxy groups -OCH3 is 1. The third-order valence-corrected chi connectivity index (χ3v) is 7.46. The minimum absolute atomic E-state index is 0.0421. The largest absolute Gasteiger partial charge is 0.497 e. The number of aryl methyl sites for hydroxylation is 1. The predicted octanol–water partition coefficient (Wildman–Crippen LogP) is 2.96. The normalized spacial score (nSPS) is 21.3. The molecule has 0 aromatic heterocycles. The molecular formula is C22H26N2O7S. The van der Waals surface area contributed by atoms with Crippen LogP contribution in [0.5, 0.6) is 5.75 Å². The van der Waals surface area contributed by atoms with Gasteiger partial charge in [-0.3, -0.25) is 14.9 Å². The van der Waals surface area contributed by atoms with Crippen LogP contribution in [0.4, 0.5) is 0 Å². The maximum atomic E-state index is 13.5. The van der Waals surface area contributed by atoms with Gasteiger partial charge in [0.15, 0.2) is 0 Å². The number of hydrogen-bond acceptors (Lipinski definition) is 7. The number of nitrogens with zero attached hydrogens (tertiary/aromatic N) is 2. The van der Waals surface area contributed by atoms with Crippen molar-refractivity contribution >= 4 is 16.0 Å². The summed E-state index contributed by atoms with van der Waals surface area (Å²) >= 11 is 0. The van der Waals surface area contributed by atoms with Crippen molar-refractivity contribution in [2.75, 3.05) is 20.3 Å². The number of sulfonamides is 1. The van der Waals surface area contributed by atoms with Crippen LogP contribution in [-0.2, 0) is 19.6 Å². The first-order chi connectivity index (χ1) is 15.2. The van der Waals surface area contributed by atoms with Gasteiger partial charge in [0.25, 0.3) is 0 Å². The molecule has 1 heterocycles. The van der Waals surface area contributed by atoms with E-state index in [0.717, 1.165) is 9.87 Å². The molecule has 2 aromatic carbocycles. The summed E-state index contributed by atoms with van der Waals surface area (Å²) < 4.78 is 38.3. The smallest absolute Gasteiger partial charge is 0.306 e. The van der Waals surface area contributed by atoms with Gasteiger partial charge in [0.1, 0.15) is 11.8 Å². The molecule has 3 rings (SSSR count). The van der Waals surface area contributed by atoms with Crippen LogP contribution in [0.15, 0.2) is 53.4 Å². The molecule has 1 aliphatic heterocycles. The third-order valence-electron chi connectivity index (χ3n) is 5.59. The average Bonchev–Trinajstić information content (AvgIpc) is 3.14. The molecule has 9 nitrogen and oxygen atoms in total. The number of ether oxygens (including phenoxy) is 2. The lowest BCUT2D eigenvalue weighted by Crippen LogP contribution is -2.36. The Morgan fingerprint density at radius 3 is 2.31 bits per heavy atom. The molecule has 1 aliphatic rings. The Kier molecular flexibility index (Phi) is 7.15. The van der Waals surface area contributed by atoms with Gasteiger partial charge in [0.2, 0.25) is 16.1 Å². The van der Waals surface area contributed by atoms with Crippen molar-refractivity contribution in [1.82, 2.24) is 4.31 Å². The zero-order valence-corrected chi connectivity index (χ0v) is 18.9. The van der Waals surface area contributed by atoms with E-state index in [0.29, 0.717) is 11.3 Å². The number of carbonyl (C=O) groups is 1. The first kappa shape index (κ1) is 23.7. The Hall–Kier alpha value is -2.98. The van der Waals surface area contributed by atoms with Crippen molar-refractivity contribution in [3.05, 3.63) is 69.8 Å². The Labute approximate surface area is 187 Å². The van der Waals surface area contributed by atoms with E-state index in [-0.39, 0.29) is 24.5 Å². The number of hydrogen-bond donors (Lipinski definition) is 0. The topological polar surface area (TPSA) is 116 Å². The van der Waals surface area contributed by atoms with Gasteiger partial charge in [0, 0.05) is 11.5 Å². The van der Waals surface area contributed by atoms with Crippen LogP contribution < -0.4 is 4.74 Å². The summed E-state index contributed by atoms with van der Waals surface area (Å²) in [5, 5.41) is 12.1. The van der Waals surface area contributed by atoms with E-state index in [2.05, 4.69) is 0 Å². The lowest BCUT2D eigenvalue weighted by Gasteiger charge is -2.25. The number of rotatable bonds is 8. The second kappa shape index (κ2) is 9.66. The Morgan fingerprint density at radius 2 is 1.78 bits per heavy atom. The van der Waals surface area contributed by atoms with Gasteiger partial charge in [-0.05, 0) is 43.7 Å². The summed E-state index contributed by atoms with van der Waals surface area (Å²) in [6, 6.07) is 10.4. The van der Waals surface area contributed by atoms with Crippen LogP contribution in [0, 0.1) is 23.0 Å². The number of benzene rings is 2. The highest BCUT2D eigenvalue weighted by Gasteiger charge is 2.55. The summed E-state index contributed by atoms with van der Waals surface area (Å²) in [6.07, 6.45) is -0.244. The molecule has 0 bridgehead atoms. The van der Waals surface area contributed by atoms with Crippen molar-refractivity contribution in [3.63, 3.8) is 0 Å². The van der Waals surface area contributed by atoms with Crippen LogP contribution in [0.25, 0.3) is 0 Å². The monoisotopic (exact) mass is 462 g/mol. The fourth-order valence-corrected chi connectivity index (χ4v) is 5.73. The zero-order chi connectivity index (χ0) is 23.5. The van der Waals surface area contributed by atoms with Crippen LogP contribution in [0.2, 0.25) is 0 Å². The van der Waals surface area contributed by atoms with E-state index in [1.54, 1.807) is 43.3 Å². The van der Waals surface area contributed by atoms with Gasteiger partial charge in [0.05, 0.1) is 31.0 Å². The molecule has 0 aliphatic carbocycles. The fourth-order valence-electron chi connectivity index (χ4n) is 4.05. The number of carbonyl (C=O) groups excluding carboxylic acids is 1. The highest BCUT2D eigenvalue weighted by molar-refractivity contribution is 7.89. The highest BCUT2D eigenvalue weighted by Crippen LogP contribution is 2.42. The molecule has 0 radical (unpaired) electrons. The van der Waals surface area contributed by atoms with Crippen molar-refractivity contribution < 1.29 is 27.6 Å². The molecule has 172 valence electrons. The van der Waals surface area contributed by atoms with E-state index < -0.39 is 38.9 Å². The van der Waals surface area contributed by atoms with Crippen LogP contribution in [0.3, 0.4) is 0 Å². The predicted molar refractivity (Wildman–Crippen MR) is 116 cm³/mol. The fraction of sp³-hybridized carbons (Fsp3) is 0.409. The quantitative estimate of drug-likeness (QED) is 0.336. The average molecular weight is 463 g/mol. The van der Waals surface area contributed by atoms with Gasteiger partial charge in [-0.2, -0.15) is 4.31 Å². The van der Waals surface area contributed by atoms with E-state index in [4.69, 9.17) is 9.47 Å². The minimum atomic E-state index is -4.07. The van der Waals surface area contributed by atoms with E-state index >= 15 is 0 Å². The highest BCUT2D eigenvalue weighted by atomic mass is 32.2. The molecule has 10 heteroatoms. The lowest BCUT2D eigenvalue weighted by atomic mass is 9.92. The van der Waals surface area contributed by atoms with Crippen LogP contribution in [0.1, 0.15) is 30.5 Å².